The van der Waals surface area contributed by atoms with Crippen LogP contribution in [0.3, 0.4) is 0 Å². The van der Waals surface area contributed by atoms with Crippen molar-refractivity contribution < 1.29 is 0 Å². The highest BCUT2D eigenvalue weighted by Gasteiger charge is 2.24. The zero-order valence-electron chi connectivity index (χ0n) is 65.0. The van der Waals surface area contributed by atoms with E-state index in [-0.39, 0.29) is 22.8 Å². The summed E-state index contributed by atoms with van der Waals surface area (Å²) < 4.78 is 7.82. The number of nitrogens with one attached hydrogen (secondary N) is 4. The zero-order valence-corrected chi connectivity index (χ0v) is 65.0. The Morgan fingerprint density at radius 1 is 0.250 bits per heavy atom. The monoisotopic (exact) mass is 1500 g/mol. The van der Waals surface area contributed by atoms with Crippen molar-refractivity contribution in [1.29, 1.82) is 0 Å². The van der Waals surface area contributed by atoms with Crippen molar-refractivity contribution in [3.63, 3.8) is 0 Å². The summed E-state index contributed by atoms with van der Waals surface area (Å²) in [6.45, 7) is 27.1. The fraction of sp³-hybridized carbons (Fsp3) is 0.273. The summed E-state index contributed by atoms with van der Waals surface area (Å²) in [5, 5.41) is 0. The topological polar surface area (TPSA) is 323 Å². The first-order valence-electron chi connectivity index (χ1n) is 37.6. The summed E-state index contributed by atoms with van der Waals surface area (Å²) in [7, 11) is 0. The summed E-state index contributed by atoms with van der Waals surface area (Å²) in [6, 6.07) is 50.0. The minimum atomic E-state index is -0.644. The first kappa shape index (κ1) is 77.1. The Labute approximate surface area is 643 Å². The first-order valence-corrected chi connectivity index (χ1v) is 37.6. The zero-order chi connectivity index (χ0) is 79.3. The van der Waals surface area contributed by atoms with Crippen molar-refractivity contribution in [3.05, 3.63) is 318 Å². The predicted molar refractivity (Wildman–Crippen MR) is 440 cm³/mol. The van der Waals surface area contributed by atoms with Gasteiger partial charge in [0.1, 0.15) is 0 Å². The number of H-pyrrole nitrogens is 4. The van der Waals surface area contributed by atoms with Gasteiger partial charge >= 0.3 is 22.8 Å². The highest BCUT2D eigenvalue weighted by atomic mass is 16.2. The van der Waals surface area contributed by atoms with Gasteiger partial charge in [0.2, 0.25) is 0 Å². The Bertz CT molecular complexity index is 6240. The van der Waals surface area contributed by atoms with E-state index in [1.54, 1.807) is 0 Å². The molecule has 8 aliphatic heterocycles. The molecule has 8 heterocycles. The van der Waals surface area contributed by atoms with Crippen molar-refractivity contribution in [3.8, 4) is 46.1 Å². The minimum absolute atomic E-state index is 0.200. The molecule has 0 amide bonds. The third-order valence-electron chi connectivity index (χ3n) is 20.7. The predicted octanol–water partition coefficient (Wildman–Crippen LogP) is 12.6. The van der Waals surface area contributed by atoms with E-state index >= 15 is 0 Å². The molecule has 0 fully saturated rings. The van der Waals surface area contributed by atoms with Crippen LogP contribution >= 0.6 is 0 Å². The molecule has 112 heavy (non-hydrogen) atoms. The minimum Gasteiger partial charge on any atom is -0.322 e. The lowest BCUT2D eigenvalue weighted by atomic mass is 10.1. The molecule has 0 radical (unpaired) electrons. The number of hydrogen-bond donors (Lipinski definition) is 4. The average molecular weight is 1500 g/mol. The van der Waals surface area contributed by atoms with E-state index < -0.39 is 45.0 Å². The van der Waals surface area contributed by atoms with E-state index in [0.29, 0.717) is 49.5 Å². The van der Waals surface area contributed by atoms with Crippen LogP contribution in [0.25, 0.3) is 90.2 Å². The highest BCUT2D eigenvalue weighted by molar-refractivity contribution is 5.84. The Balaban J connectivity index is 0.000000131. The van der Waals surface area contributed by atoms with E-state index in [9.17, 15) is 38.4 Å². The van der Waals surface area contributed by atoms with Crippen LogP contribution in [0.1, 0.15) is 115 Å². The number of nitrogens with zero attached hydrogens (tertiary/aromatic N) is 12. The lowest BCUT2D eigenvalue weighted by molar-refractivity contribution is 0.648. The van der Waals surface area contributed by atoms with E-state index in [1.807, 2.05) is 97.9 Å². The fourth-order valence-corrected chi connectivity index (χ4v) is 14.1. The second-order valence-corrected chi connectivity index (χ2v) is 29.3. The summed E-state index contributed by atoms with van der Waals surface area (Å²) in [4.78, 5) is 140. The lowest BCUT2D eigenvalue weighted by Gasteiger charge is -2.17. The van der Waals surface area contributed by atoms with Crippen LogP contribution in [-0.4, -0.2) is 78.1 Å². The van der Waals surface area contributed by atoms with Crippen LogP contribution in [0.4, 0.5) is 0 Å². The van der Waals surface area contributed by atoms with Crippen LogP contribution in [0.2, 0.25) is 0 Å². The lowest BCUT2D eigenvalue weighted by Crippen LogP contribution is -2.29. The Hall–Kier alpha value is -13.1. The molecule has 8 aromatic carbocycles. The number of rotatable bonds is 16. The summed E-state index contributed by atoms with van der Waals surface area (Å²) in [5.74, 6) is 1.37. The molecule has 0 aliphatic carbocycles. The normalized spacial score (nSPS) is 11.4. The van der Waals surface area contributed by atoms with Gasteiger partial charge in [0.05, 0.1) is 44.1 Å². The molecule has 568 valence electrons. The van der Waals surface area contributed by atoms with Gasteiger partial charge in [-0.15, -0.1) is 0 Å². The third-order valence-corrected chi connectivity index (χ3v) is 20.7. The maximum Gasteiger partial charge on any atom is 0.349 e. The average Bonchev–Trinajstić information content (AvgIpc) is 0.774. The molecular formula is C88H88N16O8. The van der Waals surface area contributed by atoms with Crippen molar-refractivity contribution >= 4 is 44.1 Å². The summed E-state index contributed by atoms with van der Waals surface area (Å²) in [6.07, 6.45) is 7.04. The van der Waals surface area contributed by atoms with Gasteiger partial charge in [-0.25, -0.2) is 39.1 Å². The molecule has 0 bridgehead atoms. The SMILES string of the molecule is Cc1ccc(CCCn2c3nc(=O)[nH]c(=O)c-3nc3cc(C)c(C)cc32)cc1.Cc1ccc(CCCn2c3nc(=O)[nH]c(=O)c-3nc3cc(C)c(C)cc32)cc1.Cc1cccc(CCCn2c3nc(=O)[nH]c(=O)c-3nc3cc(C)c(C)cc32)c1.Cc1cccc(CCCn2c3nc(=O)[nH]c(=O)c-3nc3cc(C)c(C)cc32)c1. The Kier molecular flexibility index (Phi) is 22.7. The first-order chi connectivity index (χ1) is 53.7. The van der Waals surface area contributed by atoms with Crippen LogP contribution in [0, 0.1) is 83.1 Å². The summed E-state index contributed by atoms with van der Waals surface area (Å²) in [5.41, 5.74) is 21.7. The van der Waals surface area contributed by atoms with Gasteiger partial charge in [-0.05, 0) is 250 Å². The Morgan fingerprint density at radius 3 is 0.723 bits per heavy atom. The van der Waals surface area contributed by atoms with Crippen LogP contribution in [0.15, 0.2) is 184 Å². The number of fused-ring (bicyclic) bond motifs is 8. The highest BCUT2D eigenvalue weighted by Crippen LogP contribution is 2.30. The van der Waals surface area contributed by atoms with E-state index in [4.69, 9.17) is 0 Å². The number of aromatic nitrogens is 16. The maximum absolute atomic E-state index is 12.3. The molecule has 24 heteroatoms. The number of aromatic amines is 4. The van der Waals surface area contributed by atoms with Crippen molar-refractivity contribution in [2.24, 2.45) is 0 Å². The van der Waals surface area contributed by atoms with Crippen molar-refractivity contribution in [2.45, 2.75) is 161 Å². The van der Waals surface area contributed by atoms with Gasteiger partial charge in [0, 0.05) is 26.2 Å². The maximum atomic E-state index is 12.3. The molecular weight excluding hydrogens is 1410 g/mol. The molecule has 0 atom stereocenters. The molecule has 0 spiro atoms. The molecule has 0 saturated heterocycles. The van der Waals surface area contributed by atoms with Gasteiger partial charge in [-0.1, -0.05) is 119 Å². The van der Waals surface area contributed by atoms with Crippen LogP contribution in [0.5, 0.6) is 0 Å². The smallest absolute Gasteiger partial charge is 0.322 e. The number of benzene rings is 8. The summed E-state index contributed by atoms with van der Waals surface area (Å²) >= 11 is 0. The molecule has 0 unspecified atom stereocenters. The van der Waals surface area contributed by atoms with Crippen LogP contribution in [-0.2, 0) is 51.9 Å². The van der Waals surface area contributed by atoms with Gasteiger partial charge in [-0.3, -0.25) is 39.1 Å². The largest absolute Gasteiger partial charge is 0.349 e. The third kappa shape index (κ3) is 17.3. The quantitative estimate of drug-likeness (QED) is 0.0653. The molecule has 8 aliphatic rings. The molecule has 24 nitrogen and oxygen atoms in total. The van der Waals surface area contributed by atoms with E-state index in [0.717, 1.165) is 140 Å². The second kappa shape index (κ2) is 33.0. The molecule has 0 aromatic heterocycles. The molecule has 0 saturated carbocycles. The van der Waals surface area contributed by atoms with E-state index in [2.05, 4.69) is 209 Å². The van der Waals surface area contributed by atoms with Crippen molar-refractivity contribution in [1.82, 2.24) is 78.1 Å². The van der Waals surface area contributed by atoms with E-state index in [1.165, 1.54) is 44.5 Å². The van der Waals surface area contributed by atoms with Crippen molar-refractivity contribution in [2.75, 3.05) is 0 Å². The van der Waals surface area contributed by atoms with Crippen LogP contribution < -0.4 is 45.0 Å². The molecule has 8 aromatic rings. The van der Waals surface area contributed by atoms with Gasteiger partial charge in [-0.2, -0.15) is 19.9 Å². The molecule has 4 N–H and O–H groups in total. The number of aryl methyl sites for hydroxylation is 20. The fourth-order valence-electron chi connectivity index (χ4n) is 14.1. The second-order valence-electron chi connectivity index (χ2n) is 29.3. The standard InChI is InChI=1S/4C22H22N4O2/c2*1-13-6-4-7-16(10-13)8-5-9-26-18-12-15(3)14(2)11-17(18)23-19-20(26)24-22(28)25-21(19)27;2*1-13-6-8-16(9-7-13)5-4-10-26-18-12-15(3)14(2)11-17(18)23-19-20(26)24-22(28)25-21(19)27/h2*4,6-7,10-12H,5,8-9H2,1-3H3,(H,25,27,28);2*6-9,11-12H,4-5,10H2,1-3H3,(H,25,27,28). The number of hydrogen-bond acceptors (Lipinski definition) is 16. The van der Waals surface area contributed by atoms with Gasteiger partial charge in [0.25, 0.3) is 22.2 Å². The van der Waals surface area contributed by atoms with Gasteiger partial charge < -0.3 is 18.3 Å². The molecule has 16 rings (SSSR count). The van der Waals surface area contributed by atoms with Gasteiger partial charge in [0.15, 0.2) is 46.1 Å². The Morgan fingerprint density at radius 2 is 0.482 bits per heavy atom.